The molecule has 1 fully saturated rings. The number of aromatic nitrogens is 2. The van der Waals surface area contributed by atoms with Gasteiger partial charge in [-0.3, -0.25) is 10.1 Å². The van der Waals surface area contributed by atoms with Crippen LogP contribution in [0.4, 0.5) is 10.7 Å². The average molecular weight is 249 g/mol. The first-order valence-corrected chi connectivity index (χ1v) is 5.66. The number of anilines is 1. The summed E-state index contributed by atoms with van der Waals surface area (Å²) in [5.74, 6) is 0.227. The molecule has 1 aliphatic heterocycles. The van der Waals surface area contributed by atoms with Crippen molar-refractivity contribution >= 4 is 17.9 Å². The first kappa shape index (κ1) is 12.3. The fourth-order valence-corrected chi connectivity index (χ4v) is 1.74. The van der Waals surface area contributed by atoms with Crippen LogP contribution in [0.2, 0.25) is 0 Å². The number of hydrogen-bond donors (Lipinski definition) is 2. The van der Waals surface area contributed by atoms with Crippen molar-refractivity contribution < 1.29 is 9.59 Å². The second-order valence-electron chi connectivity index (χ2n) is 4.47. The maximum absolute atomic E-state index is 11.6. The fraction of sp³-hybridized carbons (Fsp3) is 0.455. The lowest BCUT2D eigenvalue weighted by Crippen LogP contribution is -2.46. The Morgan fingerprint density at radius 2 is 2.00 bits per heavy atom. The third kappa shape index (κ3) is 2.24. The molecule has 1 aromatic heterocycles. The quantitative estimate of drug-likeness (QED) is 0.745. The summed E-state index contributed by atoms with van der Waals surface area (Å²) in [6.07, 6.45) is 3.26. The van der Waals surface area contributed by atoms with E-state index in [-0.39, 0.29) is 11.9 Å². The van der Waals surface area contributed by atoms with Crippen LogP contribution in [0.15, 0.2) is 18.5 Å². The molecular weight excluding hydrogens is 234 g/mol. The Hall–Kier alpha value is -2.18. The number of carbonyl (C=O) groups is 2. The van der Waals surface area contributed by atoms with Crippen molar-refractivity contribution in [2.75, 3.05) is 18.4 Å². The molecule has 1 saturated heterocycles. The van der Waals surface area contributed by atoms with E-state index in [4.69, 9.17) is 0 Å². The predicted molar refractivity (Wildman–Crippen MR) is 64.8 cm³/mol. The Morgan fingerprint density at radius 3 is 2.56 bits per heavy atom. The number of imide groups is 1. The predicted octanol–water partition coefficient (Wildman–Crippen LogP) is 0.219. The monoisotopic (exact) mass is 249 g/mol. The topological polar surface area (TPSA) is 87.2 Å². The highest BCUT2D eigenvalue weighted by atomic mass is 16.2. The van der Waals surface area contributed by atoms with Crippen molar-refractivity contribution in [3.8, 4) is 0 Å². The van der Waals surface area contributed by atoms with E-state index in [1.54, 1.807) is 32.3 Å². The summed E-state index contributed by atoms with van der Waals surface area (Å²) in [6, 6.07) is 1.36. The molecule has 1 aromatic rings. The molecule has 2 N–H and O–H groups in total. The van der Waals surface area contributed by atoms with Gasteiger partial charge < -0.3 is 10.2 Å². The van der Waals surface area contributed by atoms with Crippen molar-refractivity contribution in [3.05, 3.63) is 18.5 Å². The summed E-state index contributed by atoms with van der Waals surface area (Å²) in [5.41, 5.74) is -0.809. The summed E-state index contributed by atoms with van der Waals surface area (Å²) in [6.45, 7) is 4.31. The highest BCUT2D eigenvalue weighted by molar-refractivity contribution is 6.06. The van der Waals surface area contributed by atoms with Gasteiger partial charge >= 0.3 is 6.03 Å². The Kier molecular flexibility index (Phi) is 3.14. The standard InChI is InChI=1S/C11H15N5O2/c1-11(2)8(17)15-10(18)16(11)7-6-14-9-12-4-3-5-13-9/h3-5H,6-7H2,1-2H3,(H,12,13,14)(H,15,17,18). The highest BCUT2D eigenvalue weighted by Gasteiger charge is 2.44. The van der Waals surface area contributed by atoms with Gasteiger partial charge in [0.15, 0.2) is 0 Å². The molecule has 1 aliphatic rings. The number of nitrogens with one attached hydrogen (secondary N) is 2. The van der Waals surface area contributed by atoms with Gasteiger partial charge in [-0.05, 0) is 19.9 Å². The van der Waals surface area contributed by atoms with Crippen molar-refractivity contribution in [2.24, 2.45) is 0 Å². The molecule has 0 spiro atoms. The van der Waals surface area contributed by atoms with E-state index in [9.17, 15) is 9.59 Å². The minimum absolute atomic E-state index is 0.275. The lowest BCUT2D eigenvalue weighted by molar-refractivity contribution is -0.125. The van der Waals surface area contributed by atoms with Crippen LogP contribution < -0.4 is 10.6 Å². The largest absolute Gasteiger partial charge is 0.352 e. The first-order chi connectivity index (χ1) is 8.51. The molecule has 2 heterocycles. The van der Waals surface area contributed by atoms with E-state index in [1.165, 1.54) is 4.90 Å². The van der Waals surface area contributed by atoms with E-state index in [1.807, 2.05) is 0 Å². The van der Waals surface area contributed by atoms with E-state index in [0.717, 1.165) is 0 Å². The second kappa shape index (κ2) is 4.59. The molecule has 0 bridgehead atoms. The third-order valence-electron chi connectivity index (χ3n) is 2.88. The molecule has 18 heavy (non-hydrogen) atoms. The molecule has 0 aliphatic carbocycles. The molecular formula is C11H15N5O2. The molecule has 7 heteroatoms. The minimum Gasteiger partial charge on any atom is -0.352 e. The molecule has 2 rings (SSSR count). The maximum Gasteiger partial charge on any atom is 0.325 e. The molecule has 0 saturated carbocycles. The van der Waals surface area contributed by atoms with E-state index in [2.05, 4.69) is 20.6 Å². The maximum atomic E-state index is 11.6. The van der Waals surface area contributed by atoms with Gasteiger partial charge in [0.25, 0.3) is 5.91 Å². The molecule has 0 atom stereocenters. The first-order valence-electron chi connectivity index (χ1n) is 5.66. The molecule has 7 nitrogen and oxygen atoms in total. The lowest BCUT2D eigenvalue weighted by atomic mass is 10.0. The van der Waals surface area contributed by atoms with Gasteiger partial charge in [-0.15, -0.1) is 0 Å². The molecule has 3 amide bonds. The summed E-state index contributed by atoms with van der Waals surface area (Å²) in [4.78, 5) is 32.6. The van der Waals surface area contributed by atoms with E-state index >= 15 is 0 Å². The van der Waals surface area contributed by atoms with E-state index < -0.39 is 5.54 Å². The van der Waals surface area contributed by atoms with Gasteiger partial charge in [0.05, 0.1) is 0 Å². The van der Waals surface area contributed by atoms with Crippen LogP contribution >= 0.6 is 0 Å². The SMILES string of the molecule is CC1(C)C(=O)NC(=O)N1CCNc1ncccn1. The van der Waals surface area contributed by atoms with Gasteiger partial charge in [0.1, 0.15) is 5.54 Å². The van der Waals surface area contributed by atoms with Crippen molar-refractivity contribution in [1.29, 1.82) is 0 Å². The number of amides is 3. The van der Waals surface area contributed by atoms with Gasteiger partial charge in [-0.2, -0.15) is 0 Å². The Morgan fingerprint density at radius 1 is 1.33 bits per heavy atom. The zero-order chi connectivity index (χ0) is 13.2. The smallest absolute Gasteiger partial charge is 0.325 e. The summed E-state index contributed by atoms with van der Waals surface area (Å²) < 4.78 is 0. The third-order valence-corrected chi connectivity index (χ3v) is 2.88. The average Bonchev–Trinajstić information content (AvgIpc) is 2.53. The Balaban J connectivity index is 1.91. The van der Waals surface area contributed by atoms with Crippen LogP contribution in [-0.4, -0.2) is 45.4 Å². The number of carbonyl (C=O) groups excluding carboxylic acids is 2. The summed E-state index contributed by atoms with van der Waals surface area (Å²) in [7, 11) is 0. The number of nitrogens with zero attached hydrogens (tertiary/aromatic N) is 3. The van der Waals surface area contributed by atoms with Crippen LogP contribution in [-0.2, 0) is 4.79 Å². The zero-order valence-electron chi connectivity index (χ0n) is 10.3. The van der Waals surface area contributed by atoms with Gasteiger partial charge in [0.2, 0.25) is 5.95 Å². The minimum atomic E-state index is -0.809. The highest BCUT2D eigenvalue weighted by Crippen LogP contribution is 2.19. The molecule has 0 unspecified atom stereocenters. The van der Waals surface area contributed by atoms with Crippen molar-refractivity contribution in [2.45, 2.75) is 19.4 Å². The molecule has 96 valence electrons. The normalized spacial score (nSPS) is 17.8. The van der Waals surface area contributed by atoms with Crippen LogP contribution in [0.1, 0.15) is 13.8 Å². The number of hydrogen-bond acceptors (Lipinski definition) is 5. The van der Waals surface area contributed by atoms with Crippen LogP contribution in [0.5, 0.6) is 0 Å². The van der Waals surface area contributed by atoms with E-state index in [0.29, 0.717) is 19.0 Å². The van der Waals surface area contributed by atoms with Crippen molar-refractivity contribution in [3.63, 3.8) is 0 Å². The molecule has 0 radical (unpaired) electrons. The Bertz CT molecular complexity index is 460. The zero-order valence-corrected chi connectivity index (χ0v) is 10.3. The Labute approximate surface area is 105 Å². The fourth-order valence-electron chi connectivity index (χ4n) is 1.74. The summed E-state index contributed by atoms with van der Waals surface area (Å²) >= 11 is 0. The van der Waals surface area contributed by atoms with Gasteiger partial charge in [0, 0.05) is 25.5 Å². The lowest BCUT2D eigenvalue weighted by Gasteiger charge is -2.27. The number of rotatable bonds is 4. The second-order valence-corrected chi connectivity index (χ2v) is 4.47. The van der Waals surface area contributed by atoms with Crippen molar-refractivity contribution in [1.82, 2.24) is 20.2 Å². The van der Waals surface area contributed by atoms with Crippen LogP contribution in [0, 0.1) is 0 Å². The van der Waals surface area contributed by atoms with Crippen LogP contribution in [0.25, 0.3) is 0 Å². The van der Waals surface area contributed by atoms with Gasteiger partial charge in [-0.25, -0.2) is 14.8 Å². The van der Waals surface area contributed by atoms with Gasteiger partial charge in [-0.1, -0.05) is 0 Å². The van der Waals surface area contributed by atoms with Crippen LogP contribution in [0.3, 0.4) is 0 Å². The molecule has 0 aromatic carbocycles. The summed E-state index contributed by atoms with van der Waals surface area (Å²) in [5, 5.41) is 5.28. The number of urea groups is 1.